The van der Waals surface area contributed by atoms with Crippen molar-refractivity contribution in [3.8, 4) is 18.4 Å². The van der Waals surface area contributed by atoms with E-state index in [0.717, 1.165) is 0 Å². The fraction of sp³-hybridized carbons (Fsp3) is 0.583. The number of terminal acetylenes is 1. The first-order valence-corrected chi connectivity index (χ1v) is 6.57. The summed E-state index contributed by atoms with van der Waals surface area (Å²) in [6.45, 7) is 4.19. The normalized spacial score (nSPS) is 24.2. The van der Waals surface area contributed by atoms with Crippen molar-refractivity contribution >= 4 is 23.6 Å². The minimum atomic E-state index is -0.891. The van der Waals surface area contributed by atoms with Crippen LogP contribution in [0.25, 0.3) is 0 Å². The second kappa shape index (κ2) is 6.32. The molecule has 0 spiro atoms. The number of hydrogen-bond donors (Lipinski definition) is 1. The van der Waals surface area contributed by atoms with Crippen molar-refractivity contribution in [2.45, 2.75) is 24.5 Å². The van der Waals surface area contributed by atoms with Crippen LogP contribution in [0.4, 0.5) is 0 Å². The first-order chi connectivity index (χ1) is 8.56. The standard InChI is InChI=1S/C12H15N3O2S/c1-4-6-14-10(16)9(7-13)12-15(5-2)11(17)8(3)18-12/h1,8-9,12H,5-6H2,2-3H3,(H,14,16)/t8?,9?,12-/m0/s1. The van der Waals surface area contributed by atoms with Crippen LogP contribution >= 0.6 is 11.8 Å². The van der Waals surface area contributed by atoms with Crippen LogP contribution in [0.3, 0.4) is 0 Å². The molecule has 0 aromatic heterocycles. The molecule has 96 valence electrons. The fourth-order valence-corrected chi connectivity index (χ4v) is 3.21. The Bertz CT molecular complexity index is 424. The van der Waals surface area contributed by atoms with Gasteiger partial charge in [-0.2, -0.15) is 5.26 Å². The predicted octanol–water partition coefficient (Wildman–Crippen LogP) is 0.185. The molecule has 1 N–H and O–H groups in total. The SMILES string of the molecule is C#CCNC(=O)C(C#N)[C@@H]1SC(C)C(=O)N1CC. The van der Waals surface area contributed by atoms with Crippen LogP contribution in [0.15, 0.2) is 0 Å². The first kappa shape index (κ1) is 14.4. The van der Waals surface area contributed by atoms with Crippen LogP contribution in [0.2, 0.25) is 0 Å². The van der Waals surface area contributed by atoms with Gasteiger partial charge in [0, 0.05) is 6.54 Å². The van der Waals surface area contributed by atoms with Crippen molar-refractivity contribution in [3.05, 3.63) is 0 Å². The van der Waals surface area contributed by atoms with Gasteiger partial charge in [0.15, 0.2) is 5.92 Å². The van der Waals surface area contributed by atoms with Crippen molar-refractivity contribution in [3.63, 3.8) is 0 Å². The summed E-state index contributed by atoms with van der Waals surface area (Å²) in [6.07, 6.45) is 5.05. The summed E-state index contributed by atoms with van der Waals surface area (Å²) >= 11 is 1.34. The zero-order valence-electron chi connectivity index (χ0n) is 10.3. The van der Waals surface area contributed by atoms with Crippen LogP contribution in [0.1, 0.15) is 13.8 Å². The quantitative estimate of drug-likeness (QED) is 0.736. The van der Waals surface area contributed by atoms with E-state index in [1.54, 1.807) is 11.8 Å². The average molecular weight is 265 g/mol. The van der Waals surface area contributed by atoms with Gasteiger partial charge in [0.1, 0.15) is 5.37 Å². The lowest BCUT2D eigenvalue weighted by Crippen LogP contribution is -2.43. The van der Waals surface area contributed by atoms with E-state index in [1.165, 1.54) is 11.8 Å². The lowest BCUT2D eigenvalue weighted by atomic mass is 10.1. The molecule has 0 aromatic rings. The second-order valence-electron chi connectivity index (χ2n) is 3.82. The lowest BCUT2D eigenvalue weighted by molar-refractivity contribution is -0.131. The van der Waals surface area contributed by atoms with E-state index >= 15 is 0 Å². The maximum absolute atomic E-state index is 11.8. The maximum Gasteiger partial charge on any atom is 0.241 e. The molecule has 1 aliphatic heterocycles. The molecular formula is C12H15N3O2S. The zero-order valence-corrected chi connectivity index (χ0v) is 11.2. The molecule has 1 saturated heterocycles. The Morgan fingerprint density at radius 3 is 2.89 bits per heavy atom. The van der Waals surface area contributed by atoms with Crippen LogP contribution in [0, 0.1) is 29.6 Å². The highest BCUT2D eigenvalue weighted by Crippen LogP contribution is 2.35. The molecule has 0 radical (unpaired) electrons. The van der Waals surface area contributed by atoms with E-state index in [-0.39, 0.29) is 17.7 Å². The van der Waals surface area contributed by atoms with Crippen molar-refractivity contribution < 1.29 is 9.59 Å². The summed E-state index contributed by atoms with van der Waals surface area (Å²) in [5, 5.41) is 11.0. The molecule has 0 aromatic carbocycles. The van der Waals surface area contributed by atoms with Gasteiger partial charge in [0.05, 0.1) is 17.9 Å². The van der Waals surface area contributed by atoms with Crippen LogP contribution < -0.4 is 5.32 Å². The van der Waals surface area contributed by atoms with E-state index in [4.69, 9.17) is 11.7 Å². The molecular weight excluding hydrogens is 250 g/mol. The molecule has 2 unspecified atom stereocenters. The Labute approximate surface area is 111 Å². The molecule has 2 amide bonds. The van der Waals surface area contributed by atoms with Crippen molar-refractivity contribution in [1.82, 2.24) is 10.2 Å². The summed E-state index contributed by atoms with van der Waals surface area (Å²) in [6, 6.07) is 1.96. The molecule has 1 rings (SSSR count). The number of thioether (sulfide) groups is 1. The molecule has 0 aliphatic carbocycles. The van der Waals surface area contributed by atoms with E-state index < -0.39 is 17.2 Å². The highest BCUT2D eigenvalue weighted by Gasteiger charge is 2.43. The summed E-state index contributed by atoms with van der Waals surface area (Å²) in [5.41, 5.74) is 0. The second-order valence-corrected chi connectivity index (χ2v) is 5.28. The average Bonchev–Trinajstić information content (AvgIpc) is 2.63. The van der Waals surface area contributed by atoms with Crippen LogP contribution in [-0.2, 0) is 9.59 Å². The Morgan fingerprint density at radius 2 is 2.39 bits per heavy atom. The highest BCUT2D eigenvalue weighted by molar-refractivity contribution is 8.01. The van der Waals surface area contributed by atoms with Gasteiger partial charge in [0.2, 0.25) is 11.8 Å². The molecule has 1 aliphatic rings. The highest BCUT2D eigenvalue weighted by atomic mass is 32.2. The molecule has 5 nitrogen and oxygen atoms in total. The number of carbonyl (C=O) groups is 2. The molecule has 3 atom stereocenters. The maximum atomic E-state index is 11.8. The zero-order chi connectivity index (χ0) is 13.7. The van der Waals surface area contributed by atoms with E-state index in [9.17, 15) is 9.59 Å². The molecule has 0 bridgehead atoms. The Hall–Kier alpha value is -1.66. The van der Waals surface area contributed by atoms with Gasteiger partial charge in [-0.1, -0.05) is 5.92 Å². The number of nitrogens with one attached hydrogen (secondary N) is 1. The molecule has 0 saturated carbocycles. The number of amides is 2. The molecule has 6 heteroatoms. The van der Waals surface area contributed by atoms with Gasteiger partial charge < -0.3 is 10.2 Å². The first-order valence-electron chi connectivity index (χ1n) is 5.63. The number of carbonyl (C=O) groups excluding carboxylic acids is 2. The lowest BCUT2D eigenvalue weighted by Gasteiger charge is -2.24. The van der Waals surface area contributed by atoms with Gasteiger partial charge in [-0.25, -0.2) is 0 Å². The third kappa shape index (κ3) is 2.77. The van der Waals surface area contributed by atoms with Crippen molar-refractivity contribution in [2.75, 3.05) is 13.1 Å². The Morgan fingerprint density at radius 1 is 1.72 bits per heavy atom. The number of nitriles is 1. The van der Waals surface area contributed by atoms with Gasteiger partial charge >= 0.3 is 0 Å². The Balaban J connectivity index is 2.83. The third-order valence-corrected chi connectivity index (χ3v) is 4.11. The minimum absolute atomic E-state index is 0.0301. The molecule has 1 fully saturated rings. The van der Waals surface area contributed by atoms with E-state index in [1.807, 2.05) is 13.0 Å². The monoisotopic (exact) mass is 265 g/mol. The van der Waals surface area contributed by atoms with Gasteiger partial charge in [0.25, 0.3) is 0 Å². The van der Waals surface area contributed by atoms with Crippen LogP contribution in [0.5, 0.6) is 0 Å². The summed E-state index contributed by atoms with van der Waals surface area (Å²) < 4.78 is 0. The number of hydrogen-bond acceptors (Lipinski definition) is 4. The largest absolute Gasteiger partial charge is 0.344 e. The summed E-state index contributed by atoms with van der Waals surface area (Å²) in [7, 11) is 0. The van der Waals surface area contributed by atoms with E-state index in [2.05, 4.69) is 11.2 Å². The fourth-order valence-electron chi connectivity index (χ4n) is 1.79. The van der Waals surface area contributed by atoms with Gasteiger partial charge in [-0.05, 0) is 13.8 Å². The van der Waals surface area contributed by atoms with Crippen LogP contribution in [-0.4, -0.2) is 40.4 Å². The predicted molar refractivity (Wildman–Crippen MR) is 69.2 cm³/mol. The van der Waals surface area contributed by atoms with E-state index in [0.29, 0.717) is 6.54 Å². The van der Waals surface area contributed by atoms with Gasteiger partial charge in [-0.15, -0.1) is 18.2 Å². The summed E-state index contributed by atoms with van der Waals surface area (Å²) in [5.74, 6) is 0.938. The van der Waals surface area contributed by atoms with Crippen molar-refractivity contribution in [2.24, 2.45) is 5.92 Å². The number of nitrogens with zero attached hydrogens (tertiary/aromatic N) is 2. The Kier molecular flexibility index (Phi) is 5.06. The molecule has 18 heavy (non-hydrogen) atoms. The summed E-state index contributed by atoms with van der Waals surface area (Å²) in [4.78, 5) is 25.2. The van der Waals surface area contributed by atoms with Gasteiger partial charge in [-0.3, -0.25) is 9.59 Å². The number of rotatable bonds is 4. The smallest absolute Gasteiger partial charge is 0.241 e. The minimum Gasteiger partial charge on any atom is -0.344 e. The third-order valence-electron chi connectivity index (χ3n) is 2.69. The molecule has 1 heterocycles. The topological polar surface area (TPSA) is 73.2 Å². The van der Waals surface area contributed by atoms with Crippen molar-refractivity contribution in [1.29, 1.82) is 5.26 Å².